The molecule has 1 saturated carbocycles. The quantitative estimate of drug-likeness (QED) is 0.903. The molecule has 5 heteroatoms. The zero-order valence-corrected chi connectivity index (χ0v) is 10.1. The summed E-state index contributed by atoms with van der Waals surface area (Å²) in [4.78, 5) is 11.5. The van der Waals surface area contributed by atoms with Gasteiger partial charge in [-0.3, -0.25) is 4.79 Å². The number of carboxylic acids is 1. The van der Waals surface area contributed by atoms with Crippen LogP contribution in [0.1, 0.15) is 31.2 Å². The number of aliphatic carboxylic acids is 1. The van der Waals surface area contributed by atoms with Crippen molar-refractivity contribution in [3.05, 3.63) is 35.6 Å². The molecular formula is C14H12F2O3. The summed E-state index contributed by atoms with van der Waals surface area (Å²) in [7, 11) is 0. The first kappa shape index (κ1) is 12.1. The van der Waals surface area contributed by atoms with Gasteiger partial charge in [-0.05, 0) is 18.9 Å². The molecule has 1 heterocycles. The Labute approximate surface area is 107 Å². The molecule has 19 heavy (non-hydrogen) atoms. The number of benzene rings is 1. The first-order valence-corrected chi connectivity index (χ1v) is 6.15. The van der Waals surface area contributed by atoms with Crippen molar-refractivity contribution >= 4 is 16.9 Å². The molecule has 0 amide bonds. The lowest BCUT2D eigenvalue weighted by Crippen LogP contribution is -2.34. The summed E-state index contributed by atoms with van der Waals surface area (Å²) in [5.41, 5.74) is -1.68. The molecule has 1 N–H and O–H groups in total. The summed E-state index contributed by atoms with van der Waals surface area (Å²) >= 11 is 0. The highest BCUT2D eigenvalue weighted by molar-refractivity contribution is 5.86. The first-order chi connectivity index (χ1) is 9.06. The number of furan rings is 1. The van der Waals surface area contributed by atoms with E-state index in [9.17, 15) is 18.7 Å². The predicted octanol–water partition coefficient (Wildman–Crippen LogP) is 3.61. The zero-order chi connectivity index (χ0) is 13.6. The number of hydrogen-bond donors (Lipinski definition) is 1. The van der Waals surface area contributed by atoms with E-state index in [-0.39, 0.29) is 29.4 Å². The molecule has 0 atom stereocenters. The van der Waals surface area contributed by atoms with E-state index >= 15 is 0 Å². The van der Waals surface area contributed by atoms with Crippen molar-refractivity contribution in [1.82, 2.24) is 0 Å². The SMILES string of the molecule is O=C(O)C1(c2c(F)cc3occc3c2F)CCCC1. The molecule has 1 aromatic heterocycles. The van der Waals surface area contributed by atoms with Crippen molar-refractivity contribution in [2.45, 2.75) is 31.1 Å². The van der Waals surface area contributed by atoms with Gasteiger partial charge in [0.05, 0.1) is 17.1 Å². The molecule has 0 spiro atoms. The van der Waals surface area contributed by atoms with Gasteiger partial charge in [-0.15, -0.1) is 0 Å². The maximum absolute atomic E-state index is 14.5. The molecule has 1 aliphatic rings. The Hall–Kier alpha value is -1.91. The Kier molecular flexibility index (Phi) is 2.59. The minimum absolute atomic E-state index is 0.0947. The fourth-order valence-corrected chi connectivity index (χ4v) is 3.03. The normalized spacial score (nSPS) is 18.0. The Bertz CT molecular complexity index is 654. The third-order valence-electron chi connectivity index (χ3n) is 3.99. The summed E-state index contributed by atoms with van der Waals surface area (Å²) < 4.78 is 33.6. The zero-order valence-electron chi connectivity index (χ0n) is 10.1. The van der Waals surface area contributed by atoms with E-state index in [1.165, 1.54) is 12.3 Å². The summed E-state index contributed by atoms with van der Waals surface area (Å²) in [5.74, 6) is -2.82. The minimum Gasteiger partial charge on any atom is -0.481 e. The smallest absolute Gasteiger partial charge is 0.314 e. The van der Waals surface area contributed by atoms with Crippen LogP contribution in [0.15, 0.2) is 22.8 Å². The number of carboxylic acid groups (broad SMARTS) is 1. The molecule has 0 unspecified atom stereocenters. The molecule has 1 aromatic carbocycles. The van der Waals surface area contributed by atoms with Crippen LogP contribution in [0, 0.1) is 11.6 Å². The standard InChI is InChI=1S/C14H12F2O3/c15-9-7-10-8(3-6-19-10)12(16)11(9)14(13(17)18)4-1-2-5-14/h3,6-7H,1-2,4-5H2,(H,17,18). The molecule has 1 aliphatic carbocycles. The Morgan fingerprint density at radius 3 is 2.63 bits per heavy atom. The summed E-state index contributed by atoms with van der Waals surface area (Å²) in [5, 5.41) is 9.56. The third kappa shape index (κ3) is 1.57. The summed E-state index contributed by atoms with van der Waals surface area (Å²) in [6.07, 6.45) is 3.11. The second kappa shape index (κ2) is 4.05. The van der Waals surface area contributed by atoms with Crippen LogP contribution in [0.2, 0.25) is 0 Å². The first-order valence-electron chi connectivity index (χ1n) is 6.15. The number of carbonyl (C=O) groups is 1. The minimum atomic E-state index is -1.44. The topological polar surface area (TPSA) is 50.4 Å². The van der Waals surface area contributed by atoms with Gasteiger partial charge in [0, 0.05) is 11.6 Å². The van der Waals surface area contributed by atoms with Crippen LogP contribution in [-0.2, 0) is 10.2 Å². The van der Waals surface area contributed by atoms with Gasteiger partial charge in [-0.25, -0.2) is 8.78 Å². The molecule has 3 rings (SSSR count). The average molecular weight is 266 g/mol. The van der Waals surface area contributed by atoms with E-state index in [1.54, 1.807) is 0 Å². The lowest BCUT2D eigenvalue weighted by molar-refractivity contribution is -0.143. The number of hydrogen-bond acceptors (Lipinski definition) is 2. The lowest BCUT2D eigenvalue weighted by atomic mass is 9.78. The van der Waals surface area contributed by atoms with Gasteiger partial charge in [0.2, 0.25) is 0 Å². The van der Waals surface area contributed by atoms with Crippen molar-refractivity contribution in [2.24, 2.45) is 0 Å². The van der Waals surface area contributed by atoms with Crippen LogP contribution in [-0.4, -0.2) is 11.1 Å². The summed E-state index contributed by atoms with van der Waals surface area (Å²) in [6.45, 7) is 0. The maximum atomic E-state index is 14.5. The van der Waals surface area contributed by atoms with E-state index in [0.29, 0.717) is 12.8 Å². The molecule has 0 aliphatic heterocycles. The molecule has 0 radical (unpaired) electrons. The Morgan fingerprint density at radius 2 is 2.00 bits per heavy atom. The fourth-order valence-electron chi connectivity index (χ4n) is 3.03. The summed E-state index contributed by atoms with van der Waals surface area (Å²) in [6, 6.07) is 2.45. The largest absolute Gasteiger partial charge is 0.481 e. The van der Waals surface area contributed by atoms with Crippen LogP contribution < -0.4 is 0 Å². The molecule has 3 nitrogen and oxygen atoms in total. The van der Waals surface area contributed by atoms with Crippen LogP contribution in [0.3, 0.4) is 0 Å². The highest BCUT2D eigenvalue weighted by Gasteiger charge is 2.47. The lowest BCUT2D eigenvalue weighted by Gasteiger charge is -2.25. The second-order valence-electron chi connectivity index (χ2n) is 4.97. The van der Waals surface area contributed by atoms with E-state index in [1.807, 2.05) is 0 Å². The highest BCUT2D eigenvalue weighted by atomic mass is 19.1. The van der Waals surface area contributed by atoms with Gasteiger partial charge in [-0.1, -0.05) is 12.8 Å². The van der Waals surface area contributed by atoms with Crippen LogP contribution in [0.5, 0.6) is 0 Å². The van der Waals surface area contributed by atoms with Gasteiger partial charge < -0.3 is 9.52 Å². The molecule has 100 valence electrons. The molecule has 2 aromatic rings. The van der Waals surface area contributed by atoms with Crippen molar-refractivity contribution in [1.29, 1.82) is 0 Å². The van der Waals surface area contributed by atoms with E-state index in [4.69, 9.17) is 4.42 Å². The monoisotopic (exact) mass is 266 g/mol. The number of rotatable bonds is 2. The second-order valence-corrected chi connectivity index (χ2v) is 4.97. The van der Waals surface area contributed by atoms with Crippen LogP contribution in [0.4, 0.5) is 8.78 Å². The van der Waals surface area contributed by atoms with Gasteiger partial charge in [-0.2, -0.15) is 0 Å². The van der Waals surface area contributed by atoms with Crippen molar-refractivity contribution < 1.29 is 23.1 Å². The van der Waals surface area contributed by atoms with Gasteiger partial charge in [0.25, 0.3) is 0 Å². The third-order valence-corrected chi connectivity index (χ3v) is 3.99. The van der Waals surface area contributed by atoms with Crippen LogP contribution >= 0.6 is 0 Å². The average Bonchev–Trinajstić information content (AvgIpc) is 2.97. The number of halogens is 2. The molecular weight excluding hydrogens is 254 g/mol. The van der Waals surface area contributed by atoms with Gasteiger partial charge in [0.1, 0.15) is 17.2 Å². The maximum Gasteiger partial charge on any atom is 0.314 e. The Morgan fingerprint density at radius 1 is 1.32 bits per heavy atom. The fraction of sp³-hybridized carbons (Fsp3) is 0.357. The van der Waals surface area contributed by atoms with E-state index in [0.717, 1.165) is 6.07 Å². The Balaban J connectivity index is 2.31. The molecule has 1 fully saturated rings. The van der Waals surface area contributed by atoms with Crippen molar-refractivity contribution in [3.8, 4) is 0 Å². The van der Waals surface area contributed by atoms with E-state index in [2.05, 4.69) is 0 Å². The predicted molar refractivity (Wildman–Crippen MR) is 63.9 cm³/mol. The van der Waals surface area contributed by atoms with Gasteiger partial charge in [0.15, 0.2) is 0 Å². The van der Waals surface area contributed by atoms with Crippen LogP contribution in [0.25, 0.3) is 11.0 Å². The van der Waals surface area contributed by atoms with Crippen molar-refractivity contribution in [3.63, 3.8) is 0 Å². The molecule has 0 bridgehead atoms. The van der Waals surface area contributed by atoms with Crippen molar-refractivity contribution in [2.75, 3.05) is 0 Å². The highest BCUT2D eigenvalue weighted by Crippen LogP contribution is 2.45. The number of fused-ring (bicyclic) bond motifs is 1. The molecule has 0 saturated heterocycles. The van der Waals surface area contributed by atoms with Gasteiger partial charge >= 0.3 is 5.97 Å². The van der Waals surface area contributed by atoms with E-state index < -0.39 is 23.0 Å².